The first-order valence-corrected chi connectivity index (χ1v) is 9.51. The van der Waals surface area contributed by atoms with Crippen molar-refractivity contribution in [2.24, 2.45) is 0 Å². The molecule has 4 heterocycles. The van der Waals surface area contributed by atoms with Gasteiger partial charge in [-0.15, -0.1) is 0 Å². The smallest absolute Gasteiger partial charge is 0.135 e. The van der Waals surface area contributed by atoms with E-state index in [2.05, 4.69) is 30.6 Å². The highest BCUT2D eigenvalue weighted by molar-refractivity contribution is 5.58. The molecule has 0 aliphatic rings. The van der Waals surface area contributed by atoms with Crippen LogP contribution in [0.4, 0.5) is 17.2 Å². The predicted molar refractivity (Wildman–Crippen MR) is 119 cm³/mol. The molecule has 0 bridgehead atoms. The van der Waals surface area contributed by atoms with Gasteiger partial charge in [0.15, 0.2) is 0 Å². The molecular weight excluding hydrogens is 360 g/mol. The summed E-state index contributed by atoms with van der Waals surface area (Å²) in [6.45, 7) is 4.67. The topological polar surface area (TPSA) is 75.6 Å². The van der Waals surface area contributed by atoms with Crippen LogP contribution in [-0.2, 0) is 6.54 Å². The van der Waals surface area contributed by atoms with Crippen molar-refractivity contribution < 1.29 is 0 Å². The van der Waals surface area contributed by atoms with Gasteiger partial charge >= 0.3 is 0 Å². The van der Waals surface area contributed by atoms with Crippen LogP contribution in [0.1, 0.15) is 19.4 Å². The summed E-state index contributed by atoms with van der Waals surface area (Å²) in [6.07, 6.45) is 12.3. The Morgan fingerprint density at radius 3 is 1.83 bits per heavy atom. The average molecular weight is 387 g/mol. The van der Waals surface area contributed by atoms with Crippen molar-refractivity contribution in [2.75, 3.05) is 10.6 Å². The van der Waals surface area contributed by atoms with Crippen molar-refractivity contribution in [3.63, 3.8) is 0 Å². The van der Waals surface area contributed by atoms with Gasteiger partial charge in [-0.05, 0) is 42.5 Å². The zero-order valence-corrected chi connectivity index (χ0v) is 16.7. The van der Waals surface area contributed by atoms with Crippen LogP contribution in [0.15, 0.2) is 98.0 Å². The molecule has 6 heteroatoms. The Labute approximate surface area is 172 Å². The van der Waals surface area contributed by atoms with Gasteiger partial charge in [-0.1, -0.05) is 26.0 Å². The Kier molecular flexibility index (Phi) is 9.92. The van der Waals surface area contributed by atoms with Crippen LogP contribution in [0.25, 0.3) is 0 Å². The fourth-order valence-electron chi connectivity index (χ4n) is 2.24. The van der Waals surface area contributed by atoms with Crippen molar-refractivity contribution in [3.8, 4) is 0 Å². The Balaban J connectivity index is 0.000000317. The van der Waals surface area contributed by atoms with Crippen molar-refractivity contribution >= 4 is 17.2 Å². The SMILES string of the molecule is CC.c1ccncc1.c1cncc(NCc2cccnc2Nc2cccnc2)c1. The minimum absolute atomic E-state index is 0.669. The fraction of sp³-hybridized carbons (Fsp3) is 0.130. The van der Waals surface area contributed by atoms with E-state index in [1.807, 2.05) is 68.4 Å². The van der Waals surface area contributed by atoms with Gasteiger partial charge in [-0.3, -0.25) is 15.0 Å². The molecule has 2 N–H and O–H groups in total. The van der Waals surface area contributed by atoms with E-state index in [0.29, 0.717) is 6.54 Å². The first-order chi connectivity index (χ1) is 14.4. The molecule has 0 aliphatic carbocycles. The molecule has 0 amide bonds. The second-order valence-corrected chi connectivity index (χ2v) is 5.50. The monoisotopic (exact) mass is 386 g/mol. The Morgan fingerprint density at radius 1 is 0.655 bits per heavy atom. The zero-order chi connectivity index (χ0) is 20.6. The maximum absolute atomic E-state index is 4.39. The van der Waals surface area contributed by atoms with Gasteiger partial charge in [-0.2, -0.15) is 0 Å². The number of hydrogen-bond donors (Lipinski definition) is 2. The predicted octanol–water partition coefficient (Wildman–Crippen LogP) is 5.34. The minimum Gasteiger partial charge on any atom is -0.380 e. The van der Waals surface area contributed by atoms with Gasteiger partial charge in [0, 0.05) is 49.3 Å². The number of rotatable bonds is 5. The van der Waals surface area contributed by atoms with E-state index in [1.165, 1.54) is 0 Å². The Bertz CT molecular complexity index is 875. The standard InChI is InChI=1S/C16H15N5.C5H5N.C2H6/c1-4-13(10-20-14-5-2-7-17-11-14)16(19-9-1)21-15-6-3-8-18-12-15;1-2-4-6-5-3-1;1-2/h1-9,11-12,20H,10H2,(H,19,21);1-5H;1-2H3. The third-order valence-electron chi connectivity index (χ3n) is 3.53. The number of nitrogens with zero attached hydrogens (tertiary/aromatic N) is 4. The first-order valence-electron chi connectivity index (χ1n) is 9.51. The molecule has 148 valence electrons. The second-order valence-electron chi connectivity index (χ2n) is 5.50. The van der Waals surface area contributed by atoms with Gasteiger partial charge in [0.05, 0.1) is 17.6 Å². The van der Waals surface area contributed by atoms with E-state index >= 15 is 0 Å². The molecular formula is C23H26N6. The number of aromatic nitrogens is 4. The van der Waals surface area contributed by atoms with Crippen molar-refractivity contribution in [1.82, 2.24) is 19.9 Å². The van der Waals surface area contributed by atoms with E-state index in [4.69, 9.17) is 0 Å². The second kappa shape index (κ2) is 13.4. The van der Waals surface area contributed by atoms with Crippen LogP contribution in [0, 0.1) is 0 Å². The van der Waals surface area contributed by atoms with E-state index in [-0.39, 0.29) is 0 Å². The molecule has 4 aromatic rings. The van der Waals surface area contributed by atoms with Crippen LogP contribution in [-0.4, -0.2) is 19.9 Å². The lowest BCUT2D eigenvalue weighted by Gasteiger charge is -2.11. The number of anilines is 3. The zero-order valence-electron chi connectivity index (χ0n) is 16.7. The van der Waals surface area contributed by atoms with Crippen LogP contribution in [0.3, 0.4) is 0 Å². The van der Waals surface area contributed by atoms with Crippen LogP contribution >= 0.6 is 0 Å². The van der Waals surface area contributed by atoms with Gasteiger partial charge in [0.25, 0.3) is 0 Å². The van der Waals surface area contributed by atoms with Crippen molar-refractivity contribution in [1.29, 1.82) is 0 Å². The summed E-state index contributed by atoms with van der Waals surface area (Å²) in [7, 11) is 0. The molecule has 0 saturated heterocycles. The largest absolute Gasteiger partial charge is 0.380 e. The minimum atomic E-state index is 0.669. The lowest BCUT2D eigenvalue weighted by molar-refractivity contribution is 1.11. The molecule has 0 aliphatic heterocycles. The van der Waals surface area contributed by atoms with E-state index in [1.54, 1.807) is 43.4 Å². The van der Waals surface area contributed by atoms with Crippen molar-refractivity contribution in [3.05, 3.63) is 104 Å². The molecule has 6 nitrogen and oxygen atoms in total. The lowest BCUT2D eigenvalue weighted by atomic mass is 10.2. The van der Waals surface area contributed by atoms with Crippen LogP contribution in [0.5, 0.6) is 0 Å². The summed E-state index contributed by atoms with van der Waals surface area (Å²) < 4.78 is 0. The maximum atomic E-state index is 4.39. The summed E-state index contributed by atoms with van der Waals surface area (Å²) in [5.41, 5.74) is 2.97. The Hall–Kier alpha value is -3.80. The molecule has 0 fully saturated rings. The molecule has 29 heavy (non-hydrogen) atoms. The highest BCUT2D eigenvalue weighted by Gasteiger charge is 2.04. The molecule has 0 atom stereocenters. The summed E-state index contributed by atoms with van der Waals surface area (Å²) in [5.74, 6) is 0.821. The van der Waals surface area contributed by atoms with Crippen LogP contribution in [0.2, 0.25) is 0 Å². The van der Waals surface area contributed by atoms with Gasteiger partial charge in [0.1, 0.15) is 5.82 Å². The molecule has 0 saturated carbocycles. The summed E-state index contributed by atoms with van der Waals surface area (Å²) >= 11 is 0. The molecule has 4 rings (SSSR count). The van der Waals surface area contributed by atoms with Gasteiger partial charge < -0.3 is 10.6 Å². The lowest BCUT2D eigenvalue weighted by Crippen LogP contribution is -2.04. The van der Waals surface area contributed by atoms with Crippen molar-refractivity contribution in [2.45, 2.75) is 20.4 Å². The normalized spacial score (nSPS) is 9.17. The molecule has 0 unspecified atom stereocenters. The highest BCUT2D eigenvalue weighted by atomic mass is 15.0. The number of nitrogens with one attached hydrogen (secondary N) is 2. The summed E-state index contributed by atoms with van der Waals surface area (Å²) in [6, 6.07) is 17.4. The Morgan fingerprint density at radius 2 is 1.28 bits per heavy atom. The third-order valence-corrected chi connectivity index (χ3v) is 3.53. The molecule has 0 spiro atoms. The average Bonchev–Trinajstić information content (AvgIpc) is 2.83. The van der Waals surface area contributed by atoms with Crippen LogP contribution < -0.4 is 10.6 Å². The van der Waals surface area contributed by atoms with E-state index < -0.39 is 0 Å². The van der Waals surface area contributed by atoms with E-state index in [0.717, 1.165) is 22.8 Å². The number of hydrogen-bond acceptors (Lipinski definition) is 6. The fourth-order valence-corrected chi connectivity index (χ4v) is 2.24. The first kappa shape index (κ1) is 21.5. The third kappa shape index (κ3) is 8.17. The van der Waals surface area contributed by atoms with Gasteiger partial charge in [0.2, 0.25) is 0 Å². The van der Waals surface area contributed by atoms with Gasteiger partial charge in [-0.25, -0.2) is 4.98 Å². The summed E-state index contributed by atoms with van der Waals surface area (Å²) in [4.78, 5) is 16.4. The highest BCUT2D eigenvalue weighted by Crippen LogP contribution is 2.18. The quantitative estimate of drug-likeness (QED) is 0.482. The van der Waals surface area contributed by atoms with E-state index in [9.17, 15) is 0 Å². The maximum Gasteiger partial charge on any atom is 0.135 e. The summed E-state index contributed by atoms with van der Waals surface area (Å²) in [5, 5.41) is 6.61. The number of pyridine rings is 4. The molecule has 0 aromatic carbocycles. The molecule has 0 radical (unpaired) electrons. The molecule has 4 aromatic heterocycles.